The second-order valence-electron chi connectivity index (χ2n) is 9.00. The van der Waals surface area contributed by atoms with E-state index < -0.39 is 17.1 Å². The van der Waals surface area contributed by atoms with E-state index in [1.807, 2.05) is 6.07 Å². The third-order valence-corrected chi connectivity index (χ3v) is 7.06. The van der Waals surface area contributed by atoms with E-state index in [2.05, 4.69) is 4.90 Å². The van der Waals surface area contributed by atoms with E-state index >= 15 is 0 Å². The van der Waals surface area contributed by atoms with Gasteiger partial charge in [0, 0.05) is 30.7 Å². The van der Waals surface area contributed by atoms with E-state index in [-0.39, 0.29) is 34.8 Å². The lowest BCUT2D eigenvalue weighted by atomic mass is 10.1. The summed E-state index contributed by atoms with van der Waals surface area (Å²) < 4.78 is 24.4. The summed E-state index contributed by atoms with van der Waals surface area (Å²) in [5.74, 6) is 0.704. The minimum Gasteiger partial charge on any atom is -0.497 e. The molecule has 5 rings (SSSR count). The first kappa shape index (κ1) is 24.1. The van der Waals surface area contributed by atoms with Crippen molar-refractivity contribution >= 4 is 28.7 Å². The average Bonchev–Trinajstić information content (AvgIpc) is 3.27. The van der Waals surface area contributed by atoms with Crippen molar-refractivity contribution in [2.45, 2.75) is 32.4 Å². The van der Waals surface area contributed by atoms with Crippen LogP contribution in [0, 0.1) is 5.82 Å². The summed E-state index contributed by atoms with van der Waals surface area (Å²) in [4.78, 5) is 34.0. The zero-order valence-electron chi connectivity index (χ0n) is 20.2. The van der Waals surface area contributed by atoms with Crippen molar-refractivity contribution in [3.05, 3.63) is 85.3 Å². The van der Waals surface area contributed by atoms with Crippen LogP contribution in [0.4, 0.5) is 10.3 Å². The van der Waals surface area contributed by atoms with Gasteiger partial charge in [0.15, 0.2) is 11.2 Å². The van der Waals surface area contributed by atoms with Gasteiger partial charge >= 0.3 is 5.69 Å². The number of methoxy groups -OCH3 is 1. The normalized spacial score (nSPS) is 13.9. The molecule has 1 saturated heterocycles. The Bertz CT molecular complexity index is 1530. The zero-order valence-corrected chi connectivity index (χ0v) is 21.0. The van der Waals surface area contributed by atoms with Gasteiger partial charge in [0.05, 0.1) is 20.2 Å². The van der Waals surface area contributed by atoms with Crippen molar-refractivity contribution in [1.29, 1.82) is 0 Å². The maximum atomic E-state index is 14.8. The number of hydrogen-bond donors (Lipinski definition) is 0. The van der Waals surface area contributed by atoms with Crippen LogP contribution in [0.25, 0.3) is 11.2 Å². The number of benzene rings is 2. The predicted molar refractivity (Wildman–Crippen MR) is 138 cm³/mol. The fraction of sp³-hybridized carbons (Fsp3) is 0.346. The van der Waals surface area contributed by atoms with Gasteiger partial charge in [-0.25, -0.2) is 9.18 Å². The lowest BCUT2D eigenvalue weighted by Crippen LogP contribution is -2.40. The van der Waals surface area contributed by atoms with Crippen LogP contribution in [0.3, 0.4) is 0 Å². The monoisotopic (exact) mass is 511 g/mol. The van der Waals surface area contributed by atoms with Gasteiger partial charge in [-0.15, -0.1) is 0 Å². The summed E-state index contributed by atoms with van der Waals surface area (Å²) in [6, 6.07) is 11.7. The fourth-order valence-corrected chi connectivity index (χ4v) is 5.00. The summed E-state index contributed by atoms with van der Waals surface area (Å²) >= 11 is 6.36. The fourth-order valence-electron chi connectivity index (χ4n) is 4.78. The van der Waals surface area contributed by atoms with Gasteiger partial charge in [-0.2, -0.15) is 4.98 Å². The molecule has 2 aromatic heterocycles. The SMILES string of the molecule is COc1cccc(Cn2c(=O)c3c(nc(N4CCCCC4)n3Cc3c(F)cccc3Cl)n(C)c2=O)c1. The number of ether oxygens (including phenoxy) is 1. The highest BCUT2D eigenvalue weighted by Crippen LogP contribution is 2.27. The Morgan fingerprint density at radius 1 is 1.03 bits per heavy atom. The van der Waals surface area contributed by atoms with E-state index in [0.29, 0.717) is 11.7 Å². The summed E-state index contributed by atoms with van der Waals surface area (Å²) in [7, 11) is 3.16. The molecule has 1 fully saturated rings. The minimum absolute atomic E-state index is 0.0143. The molecule has 3 heterocycles. The Hall–Kier alpha value is -3.59. The number of rotatable bonds is 6. The van der Waals surface area contributed by atoms with Gasteiger partial charge in [-0.1, -0.05) is 29.8 Å². The van der Waals surface area contributed by atoms with Crippen molar-refractivity contribution in [2.24, 2.45) is 7.05 Å². The standard InChI is InChI=1S/C26H27ClFN5O3/c1-30-23-22(24(34)33(26(30)35)15-17-8-6-9-18(14-17)36-2)32(16-19-20(27)10-7-11-21(19)28)25(29-23)31-12-4-3-5-13-31/h6-11,14H,3-5,12-13,15-16H2,1-2H3. The van der Waals surface area contributed by atoms with Crippen molar-refractivity contribution in [1.82, 2.24) is 18.7 Å². The van der Waals surface area contributed by atoms with Crippen LogP contribution in [-0.4, -0.2) is 38.9 Å². The number of imidazole rings is 1. The quantitative estimate of drug-likeness (QED) is 0.394. The first-order chi connectivity index (χ1) is 17.4. The van der Waals surface area contributed by atoms with Crippen LogP contribution in [0.15, 0.2) is 52.1 Å². The molecule has 0 radical (unpaired) electrons. The maximum absolute atomic E-state index is 14.8. The number of aromatic nitrogens is 4. The van der Waals surface area contributed by atoms with Crippen molar-refractivity contribution in [3.63, 3.8) is 0 Å². The number of aryl methyl sites for hydroxylation is 1. The third-order valence-electron chi connectivity index (χ3n) is 6.70. The molecule has 0 atom stereocenters. The van der Waals surface area contributed by atoms with E-state index in [1.54, 1.807) is 49.1 Å². The maximum Gasteiger partial charge on any atom is 0.332 e. The molecule has 0 unspecified atom stereocenters. The van der Waals surface area contributed by atoms with Crippen LogP contribution in [0.1, 0.15) is 30.4 Å². The predicted octanol–water partition coefficient (Wildman–Crippen LogP) is 3.78. The van der Waals surface area contributed by atoms with Crippen molar-refractivity contribution < 1.29 is 9.13 Å². The van der Waals surface area contributed by atoms with E-state index in [0.717, 1.165) is 37.9 Å². The number of halogens is 2. The molecule has 36 heavy (non-hydrogen) atoms. The van der Waals surface area contributed by atoms with E-state index in [1.165, 1.54) is 15.2 Å². The molecule has 0 aliphatic carbocycles. The molecule has 0 amide bonds. The summed E-state index contributed by atoms with van der Waals surface area (Å²) in [6.45, 7) is 1.60. The molecule has 8 nitrogen and oxygen atoms in total. The van der Waals surface area contributed by atoms with Gasteiger partial charge in [0.2, 0.25) is 5.95 Å². The number of fused-ring (bicyclic) bond motifs is 1. The third kappa shape index (κ3) is 4.28. The molecule has 0 spiro atoms. The van der Waals surface area contributed by atoms with E-state index in [9.17, 15) is 14.0 Å². The smallest absolute Gasteiger partial charge is 0.332 e. The lowest BCUT2D eigenvalue weighted by Gasteiger charge is -2.28. The Balaban J connectivity index is 1.73. The molecular weight excluding hydrogens is 485 g/mol. The molecule has 0 saturated carbocycles. The summed E-state index contributed by atoms with van der Waals surface area (Å²) in [5, 5.41) is 0.267. The Morgan fingerprint density at radius 2 is 1.78 bits per heavy atom. The van der Waals surface area contributed by atoms with Crippen LogP contribution in [0.2, 0.25) is 5.02 Å². The lowest BCUT2D eigenvalue weighted by molar-refractivity contribution is 0.414. The van der Waals surface area contributed by atoms with Crippen molar-refractivity contribution in [2.75, 3.05) is 25.1 Å². The molecule has 10 heteroatoms. The van der Waals surface area contributed by atoms with E-state index in [4.69, 9.17) is 21.3 Å². The topological polar surface area (TPSA) is 74.3 Å². The molecule has 4 aromatic rings. The largest absolute Gasteiger partial charge is 0.497 e. The number of hydrogen-bond acceptors (Lipinski definition) is 5. The first-order valence-electron chi connectivity index (χ1n) is 11.9. The van der Waals surface area contributed by atoms with Gasteiger partial charge in [-0.3, -0.25) is 18.5 Å². The molecule has 1 aliphatic rings. The molecular formula is C26H27ClFN5O3. The summed E-state index contributed by atoms with van der Waals surface area (Å²) in [6.07, 6.45) is 3.09. The number of piperidine rings is 1. The number of anilines is 1. The molecule has 188 valence electrons. The highest BCUT2D eigenvalue weighted by molar-refractivity contribution is 6.31. The Labute approximate surface area is 212 Å². The summed E-state index contributed by atoms with van der Waals surface area (Å²) in [5.41, 5.74) is 0.546. The zero-order chi connectivity index (χ0) is 25.4. The molecule has 1 aliphatic heterocycles. The van der Waals surface area contributed by atoms with Gasteiger partial charge in [0.25, 0.3) is 5.56 Å². The molecule has 2 aromatic carbocycles. The average molecular weight is 512 g/mol. The molecule has 0 N–H and O–H groups in total. The highest BCUT2D eigenvalue weighted by Gasteiger charge is 2.25. The van der Waals surface area contributed by atoms with Crippen LogP contribution in [0.5, 0.6) is 5.75 Å². The second kappa shape index (κ2) is 9.81. The molecule has 0 bridgehead atoms. The van der Waals surface area contributed by atoms with Crippen LogP contribution >= 0.6 is 11.6 Å². The van der Waals surface area contributed by atoms with Crippen LogP contribution in [-0.2, 0) is 20.1 Å². The Morgan fingerprint density at radius 3 is 2.50 bits per heavy atom. The van der Waals surface area contributed by atoms with Crippen LogP contribution < -0.4 is 20.9 Å². The second-order valence-corrected chi connectivity index (χ2v) is 9.41. The number of nitrogens with zero attached hydrogens (tertiary/aromatic N) is 5. The van der Waals surface area contributed by atoms with Gasteiger partial charge in [-0.05, 0) is 49.1 Å². The van der Waals surface area contributed by atoms with Gasteiger partial charge in [0.1, 0.15) is 11.6 Å². The minimum atomic E-state index is -0.487. The van der Waals surface area contributed by atoms with Gasteiger partial charge < -0.3 is 9.64 Å². The first-order valence-corrected chi connectivity index (χ1v) is 12.3. The Kier molecular flexibility index (Phi) is 6.57. The highest BCUT2D eigenvalue weighted by atomic mass is 35.5. The van der Waals surface area contributed by atoms with Crippen molar-refractivity contribution in [3.8, 4) is 5.75 Å².